The highest BCUT2D eigenvalue weighted by Crippen LogP contribution is 2.29. The number of aromatic nitrogens is 2. The lowest BCUT2D eigenvalue weighted by Crippen LogP contribution is -1.97. The Morgan fingerprint density at radius 3 is 2.08 bits per heavy atom. The number of rotatable bonds is 4. The van der Waals surface area contributed by atoms with Crippen LogP contribution in [0.25, 0.3) is 27.9 Å². The zero-order valence-corrected chi connectivity index (χ0v) is 13.5. The summed E-state index contributed by atoms with van der Waals surface area (Å²) in [5.41, 5.74) is 6.08. The van der Waals surface area contributed by atoms with Crippen LogP contribution in [0.5, 0.6) is 0 Å². The zero-order chi connectivity index (χ0) is 17.1. The number of para-hydroxylation sites is 1. The van der Waals surface area contributed by atoms with E-state index in [4.69, 9.17) is 0 Å². The Balaban J connectivity index is 1.74. The largest absolute Gasteiger partial charge is 0.298 e. The minimum absolute atomic E-state index is 0.564. The van der Waals surface area contributed by atoms with Crippen molar-refractivity contribution >= 4 is 6.29 Å². The third-order valence-corrected chi connectivity index (χ3v) is 4.19. The summed E-state index contributed by atoms with van der Waals surface area (Å²) in [5.74, 6) is 0. The van der Waals surface area contributed by atoms with Gasteiger partial charge in [0.15, 0.2) is 6.29 Å². The van der Waals surface area contributed by atoms with Crippen molar-refractivity contribution < 1.29 is 4.79 Å². The van der Waals surface area contributed by atoms with Gasteiger partial charge in [-0.25, -0.2) is 4.68 Å². The van der Waals surface area contributed by atoms with E-state index in [2.05, 4.69) is 47.6 Å². The summed E-state index contributed by atoms with van der Waals surface area (Å²) in [5, 5.41) is 4.29. The molecule has 0 spiro atoms. The second kappa shape index (κ2) is 6.57. The molecule has 0 radical (unpaired) electrons. The van der Waals surface area contributed by atoms with E-state index in [1.54, 1.807) is 17.1 Å². The summed E-state index contributed by atoms with van der Waals surface area (Å²) in [6, 6.07) is 26.8. The van der Waals surface area contributed by atoms with Gasteiger partial charge in [-0.15, -0.1) is 0 Å². The van der Waals surface area contributed by atoms with Crippen LogP contribution >= 0.6 is 0 Å². The van der Waals surface area contributed by atoms with E-state index in [9.17, 15) is 4.79 Å². The van der Waals surface area contributed by atoms with Gasteiger partial charge in [0.05, 0.1) is 17.4 Å². The minimum atomic E-state index is 0.564. The predicted molar refractivity (Wildman–Crippen MR) is 99.8 cm³/mol. The van der Waals surface area contributed by atoms with E-state index in [1.165, 1.54) is 11.1 Å². The van der Waals surface area contributed by atoms with Gasteiger partial charge in [0.25, 0.3) is 0 Å². The number of hydrogen-bond acceptors (Lipinski definition) is 2. The van der Waals surface area contributed by atoms with Gasteiger partial charge in [-0.3, -0.25) is 4.79 Å². The average Bonchev–Trinajstić information content (AvgIpc) is 3.18. The molecule has 0 amide bonds. The Morgan fingerprint density at radius 1 is 0.720 bits per heavy atom. The van der Waals surface area contributed by atoms with Crippen molar-refractivity contribution in [2.75, 3.05) is 0 Å². The van der Waals surface area contributed by atoms with Crippen LogP contribution in [0.3, 0.4) is 0 Å². The predicted octanol–water partition coefficient (Wildman–Crippen LogP) is 5.02. The highest BCUT2D eigenvalue weighted by molar-refractivity contribution is 5.77. The molecule has 25 heavy (non-hydrogen) atoms. The molecule has 0 saturated carbocycles. The van der Waals surface area contributed by atoms with Crippen LogP contribution < -0.4 is 0 Å². The monoisotopic (exact) mass is 324 g/mol. The number of hydrogen-bond donors (Lipinski definition) is 0. The van der Waals surface area contributed by atoms with E-state index in [0.29, 0.717) is 5.56 Å². The molecular formula is C22H16N2O. The molecule has 0 aliphatic carbocycles. The summed E-state index contributed by atoms with van der Waals surface area (Å²) in [7, 11) is 0. The second-order valence-electron chi connectivity index (χ2n) is 5.80. The summed E-state index contributed by atoms with van der Waals surface area (Å²) >= 11 is 0. The van der Waals surface area contributed by atoms with Crippen LogP contribution in [0.15, 0.2) is 91.3 Å². The molecular weight excluding hydrogens is 308 g/mol. The molecule has 0 saturated heterocycles. The fourth-order valence-corrected chi connectivity index (χ4v) is 2.92. The molecule has 0 aliphatic heterocycles. The molecule has 0 N–H and O–H groups in total. The minimum Gasteiger partial charge on any atom is -0.298 e. The molecule has 0 aliphatic rings. The molecule has 3 nitrogen and oxygen atoms in total. The highest BCUT2D eigenvalue weighted by atomic mass is 16.1. The standard InChI is InChI=1S/C22H16N2O/c25-16-17-14-23-24(15-17)22-9-5-4-8-21(22)20-12-10-19(11-13-20)18-6-2-1-3-7-18/h1-16H. The molecule has 0 unspecified atom stereocenters. The maximum Gasteiger partial charge on any atom is 0.153 e. The first-order chi connectivity index (χ1) is 12.3. The van der Waals surface area contributed by atoms with Crippen molar-refractivity contribution in [1.29, 1.82) is 0 Å². The number of carbonyl (C=O) groups is 1. The van der Waals surface area contributed by atoms with Gasteiger partial charge in [0.1, 0.15) is 0 Å². The topological polar surface area (TPSA) is 34.9 Å². The van der Waals surface area contributed by atoms with E-state index < -0.39 is 0 Å². The van der Waals surface area contributed by atoms with Gasteiger partial charge >= 0.3 is 0 Å². The Kier molecular flexibility index (Phi) is 3.97. The highest BCUT2D eigenvalue weighted by Gasteiger charge is 2.08. The quantitative estimate of drug-likeness (QED) is 0.494. The lowest BCUT2D eigenvalue weighted by Gasteiger charge is -2.10. The molecule has 3 aromatic carbocycles. The number of carbonyl (C=O) groups excluding carboxylic acids is 1. The van der Waals surface area contributed by atoms with E-state index >= 15 is 0 Å². The van der Waals surface area contributed by atoms with Crippen molar-refractivity contribution in [3.8, 4) is 27.9 Å². The van der Waals surface area contributed by atoms with Crippen molar-refractivity contribution in [3.63, 3.8) is 0 Å². The molecule has 0 atom stereocenters. The normalized spacial score (nSPS) is 10.6. The zero-order valence-electron chi connectivity index (χ0n) is 13.5. The molecule has 1 heterocycles. The molecule has 1 aromatic heterocycles. The van der Waals surface area contributed by atoms with Crippen LogP contribution in [-0.4, -0.2) is 16.1 Å². The number of benzene rings is 3. The summed E-state index contributed by atoms with van der Waals surface area (Å²) in [6.07, 6.45) is 4.12. The third-order valence-electron chi connectivity index (χ3n) is 4.19. The molecule has 0 fully saturated rings. The molecule has 4 aromatic rings. The van der Waals surface area contributed by atoms with E-state index in [0.717, 1.165) is 23.1 Å². The van der Waals surface area contributed by atoms with Crippen LogP contribution in [0.1, 0.15) is 10.4 Å². The first-order valence-electron chi connectivity index (χ1n) is 8.10. The van der Waals surface area contributed by atoms with Gasteiger partial charge in [-0.2, -0.15) is 5.10 Å². The van der Waals surface area contributed by atoms with Crippen molar-refractivity contribution in [3.05, 3.63) is 96.8 Å². The summed E-state index contributed by atoms with van der Waals surface area (Å²) in [4.78, 5) is 10.9. The fraction of sp³-hybridized carbons (Fsp3) is 0. The molecule has 120 valence electrons. The smallest absolute Gasteiger partial charge is 0.153 e. The molecule has 0 bridgehead atoms. The van der Waals surface area contributed by atoms with E-state index in [1.807, 2.05) is 36.4 Å². The van der Waals surface area contributed by atoms with Gasteiger partial charge in [-0.1, -0.05) is 72.8 Å². The van der Waals surface area contributed by atoms with Crippen LogP contribution in [0.2, 0.25) is 0 Å². The number of nitrogens with zero attached hydrogens (tertiary/aromatic N) is 2. The van der Waals surface area contributed by atoms with Crippen LogP contribution in [-0.2, 0) is 0 Å². The Morgan fingerprint density at radius 2 is 1.36 bits per heavy atom. The second-order valence-corrected chi connectivity index (χ2v) is 5.80. The lowest BCUT2D eigenvalue weighted by atomic mass is 9.99. The van der Waals surface area contributed by atoms with Crippen molar-refractivity contribution in [2.24, 2.45) is 0 Å². The maximum atomic E-state index is 10.9. The SMILES string of the molecule is O=Cc1cnn(-c2ccccc2-c2ccc(-c3ccccc3)cc2)c1. The molecule has 4 rings (SSSR count). The van der Waals surface area contributed by atoms with Gasteiger partial charge in [0.2, 0.25) is 0 Å². The first kappa shape index (κ1) is 15.1. The summed E-state index contributed by atoms with van der Waals surface area (Å²) in [6.45, 7) is 0. The average molecular weight is 324 g/mol. The third kappa shape index (κ3) is 3.00. The first-order valence-corrected chi connectivity index (χ1v) is 8.10. The Hall–Kier alpha value is -3.46. The van der Waals surface area contributed by atoms with Crippen molar-refractivity contribution in [1.82, 2.24) is 9.78 Å². The molecule has 3 heteroatoms. The summed E-state index contributed by atoms with van der Waals surface area (Å²) < 4.78 is 1.74. The van der Waals surface area contributed by atoms with Gasteiger partial charge in [0, 0.05) is 11.8 Å². The maximum absolute atomic E-state index is 10.9. The van der Waals surface area contributed by atoms with Crippen LogP contribution in [0.4, 0.5) is 0 Å². The van der Waals surface area contributed by atoms with Gasteiger partial charge in [-0.05, 0) is 22.8 Å². The lowest BCUT2D eigenvalue weighted by molar-refractivity contribution is 0.112. The van der Waals surface area contributed by atoms with Crippen molar-refractivity contribution in [2.45, 2.75) is 0 Å². The Labute approximate surface area is 146 Å². The van der Waals surface area contributed by atoms with Gasteiger partial charge < -0.3 is 0 Å². The number of aldehydes is 1. The van der Waals surface area contributed by atoms with E-state index in [-0.39, 0.29) is 0 Å². The fourth-order valence-electron chi connectivity index (χ4n) is 2.92. The Bertz CT molecular complexity index is 1000. The van der Waals surface area contributed by atoms with Crippen LogP contribution in [0, 0.1) is 0 Å².